The Labute approximate surface area is 210 Å². The van der Waals surface area contributed by atoms with Crippen LogP contribution in [0.25, 0.3) is 16.9 Å². The van der Waals surface area contributed by atoms with E-state index in [9.17, 15) is 9.18 Å². The number of aromatic nitrogens is 2. The predicted octanol–water partition coefficient (Wildman–Crippen LogP) is 5.63. The van der Waals surface area contributed by atoms with Crippen LogP contribution in [0.4, 0.5) is 4.39 Å². The van der Waals surface area contributed by atoms with E-state index >= 15 is 0 Å². The molecule has 186 valence electrons. The molecule has 6 nitrogen and oxygen atoms in total. The van der Waals surface area contributed by atoms with Crippen molar-refractivity contribution in [2.75, 3.05) is 27.8 Å². The molecule has 1 aromatic heterocycles. The summed E-state index contributed by atoms with van der Waals surface area (Å²) in [5, 5.41) is 4.73. The highest BCUT2D eigenvalue weighted by Crippen LogP contribution is 2.28. The molecular formula is C29H30FN3O3. The third kappa shape index (κ3) is 5.25. The highest BCUT2D eigenvalue weighted by molar-refractivity contribution is 5.94. The molecule has 3 aromatic carbocycles. The Hall–Kier alpha value is -4.13. The number of amides is 1. The lowest BCUT2D eigenvalue weighted by Crippen LogP contribution is -2.30. The third-order valence-corrected chi connectivity index (χ3v) is 6.33. The summed E-state index contributed by atoms with van der Waals surface area (Å²) < 4.78 is 25.9. The number of halogens is 1. The topological polar surface area (TPSA) is 56.6 Å². The molecule has 4 rings (SSSR count). The van der Waals surface area contributed by atoms with Gasteiger partial charge in [-0.25, -0.2) is 9.07 Å². The molecule has 0 atom stereocenters. The number of hydrogen-bond donors (Lipinski definition) is 0. The number of benzene rings is 3. The molecule has 0 aliphatic heterocycles. The van der Waals surface area contributed by atoms with E-state index in [1.165, 1.54) is 17.7 Å². The van der Waals surface area contributed by atoms with Crippen LogP contribution < -0.4 is 9.47 Å². The van der Waals surface area contributed by atoms with Crippen molar-refractivity contribution in [3.63, 3.8) is 0 Å². The van der Waals surface area contributed by atoms with Gasteiger partial charge in [0.15, 0.2) is 11.5 Å². The Morgan fingerprint density at radius 1 is 0.917 bits per heavy atom. The molecule has 0 saturated heterocycles. The lowest BCUT2D eigenvalue weighted by molar-refractivity contribution is 0.0787. The van der Waals surface area contributed by atoms with Gasteiger partial charge in [0, 0.05) is 19.2 Å². The van der Waals surface area contributed by atoms with Gasteiger partial charge in [-0.1, -0.05) is 18.2 Å². The van der Waals surface area contributed by atoms with Crippen molar-refractivity contribution in [2.45, 2.75) is 20.3 Å². The highest BCUT2D eigenvalue weighted by Gasteiger charge is 2.21. The van der Waals surface area contributed by atoms with Crippen molar-refractivity contribution in [3.8, 4) is 28.4 Å². The molecule has 7 heteroatoms. The quantitative estimate of drug-likeness (QED) is 0.323. The number of rotatable bonds is 8. The summed E-state index contributed by atoms with van der Waals surface area (Å²) in [6.07, 6.45) is 0.636. The van der Waals surface area contributed by atoms with E-state index in [4.69, 9.17) is 14.6 Å². The minimum atomic E-state index is -0.347. The first-order valence-corrected chi connectivity index (χ1v) is 11.7. The van der Waals surface area contributed by atoms with E-state index in [0.717, 1.165) is 16.7 Å². The van der Waals surface area contributed by atoms with E-state index in [1.54, 1.807) is 49.0 Å². The van der Waals surface area contributed by atoms with Gasteiger partial charge in [0.1, 0.15) is 11.5 Å². The Bertz CT molecular complexity index is 1380. The average molecular weight is 488 g/mol. The van der Waals surface area contributed by atoms with Gasteiger partial charge < -0.3 is 14.4 Å². The largest absolute Gasteiger partial charge is 0.493 e. The number of likely N-dealkylation sites (N-methyl/N-ethyl adjacent to an activating group) is 1. The predicted molar refractivity (Wildman–Crippen MR) is 139 cm³/mol. The fraction of sp³-hybridized carbons (Fsp3) is 0.241. The molecular weight excluding hydrogens is 457 g/mol. The second kappa shape index (κ2) is 10.6. The molecule has 0 N–H and O–H groups in total. The van der Waals surface area contributed by atoms with Crippen molar-refractivity contribution in [2.24, 2.45) is 0 Å². The van der Waals surface area contributed by atoms with Crippen molar-refractivity contribution in [1.82, 2.24) is 14.7 Å². The second-order valence-electron chi connectivity index (χ2n) is 8.77. The minimum Gasteiger partial charge on any atom is -0.493 e. The van der Waals surface area contributed by atoms with Crippen LogP contribution in [0.15, 0.2) is 66.7 Å². The number of hydrogen-bond acceptors (Lipinski definition) is 4. The summed E-state index contributed by atoms with van der Waals surface area (Å²) >= 11 is 0. The monoisotopic (exact) mass is 487 g/mol. The van der Waals surface area contributed by atoms with Gasteiger partial charge in [0.2, 0.25) is 0 Å². The molecule has 0 bridgehead atoms. The number of aryl methyl sites for hydroxylation is 2. The molecule has 1 amide bonds. The molecule has 0 fully saturated rings. The zero-order valence-corrected chi connectivity index (χ0v) is 21.2. The maximum atomic E-state index is 13.6. The van der Waals surface area contributed by atoms with Crippen LogP contribution in [0.1, 0.15) is 27.2 Å². The summed E-state index contributed by atoms with van der Waals surface area (Å²) in [7, 11) is 4.96. The number of carbonyl (C=O) groups excluding carboxylic acids is 1. The maximum Gasteiger partial charge on any atom is 0.272 e. The van der Waals surface area contributed by atoms with Crippen LogP contribution in [0, 0.1) is 19.7 Å². The van der Waals surface area contributed by atoms with Gasteiger partial charge in [0.05, 0.1) is 25.6 Å². The summed E-state index contributed by atoms with van der Waals surface area (Å²) in [5.41, 5.74) is 5.97. The molecule has 0 aliphatic carbocycles. The lowest BCUT2D eigenvalue weighted by atomic mass is 10.0. The van der Waals surface area contributed by atoms with Gasteiger partial charge in [0.25, 0.3) is 5.91 Å². The first kappa shape index (κ1) is 25.0. The normalized spacial score (nSPS) is 10.8. The first-order valence-electron chi connectivity index (χ1n) is 11.7. The first-order chi connectivity index (χ1) is 17.3. The average Bonchev–Trinajstić information content (AvgIpc) is 3.34. The third-order valence-electron chi connectivity index (χ3n) is 6.33. The number of ether oxygens (including phenoxy) is 2. The molecule has 4 aromatic rings. The maximum absolute atomic E-state index is 13.6. The van der Waals surface area contributed by atoms with Gasteiger partial charge in [-0.15, -0.1) is 0 Å². The lowest BCUT2D eigenvalue weighted by Gasteiger charge is -2.18. The van der Waals surface area contributed by atoms with Crippen LogP contribution in [0.2, 0.25) is 0 Å². The molecule has 0 saturated carbocycles. The Morgan fingerprint density at radius 2 is 1.64 bits per heavy atom. The van der Waals surface area contributed by atoms with Crippen LogP contribution in [0.5, 0.6) is 11.5 Å². The van der Waals surface area contributed by atoms with E-state index in [-0.39, 0.29) is 11.7 Å². The van der Waals surface area contributed by atoms with Crippen LogP contribution in [0.3, 0.4) is 0 Å². The van der Waals surface area contributed by atoms with Crippen molar-refractivity contribution < 1.29 is 18.7 Å². The van der Waals surface area contributed by atoms with Crippen LogP contribution in [-0.4, -0.2) is 48.4 Å². The molecule has 0 unspecified atom stereocenters. The zero-order chi connectivity index (χ0) is 25.8. The zero-order valence-electron chi connectivity index (χ0n) is 21.2. The fourth-order valence-electron chi connectivity index (χ4n) is 3.98. The Kier molecular flexibility index (Phi) is 7.38. The number of methoxy groups -OCH3 is 2. The standard InChI is InChI=1S/C29H30FN3O3/c1-19-6-8-22(16-20(19)2)25-18-26(33(31-25)24-11-9-23(30)10-12-24)29(34)32(3)15-14-21-7-13-27(35-4)28(17-21)36-5/h6-13,16-18H,14-15H2,1-5H3. The van der Waals surface area contributed by atoms with E-state index < -0.39 is 0 Å². The van der Waals surface area contributed by atoms with Gasteiger partial charge in [-0.3, -0.25) is 4.79 Å². The smallest absolute Gasteiger partial charge is 0.272 e. The van der Waals surface area contributed by atoms with Gasteiger partial charge >= 0.3 is 0 Å². The van der Waals surface area contributed by atoms with E-state index in [0.29, 0.717) is 41.5 Å². The molecule has 36 heavy (non-hydrogen) atoms. The highest BCUT2D eigenvalue weighted by atomic mass is 19.1. The SMILES string of the molecule is COc1ccc(CCN(C)C(=O)c2cc(-c3ccc(C)c(C)c3)nn2-c2ccc(F)cc2)cc1OC. The summed E-state index contributed by atoms with van der Waals surface area (Å²) in [4.78, 5) is 15.2. The Morgan fingerprint density at radius 3 is 2.31 bits per heavy atom. The fourth-order valence-corrected chi connectivity index (χ4v) is 3.98. The van der Waals surface area contributed by atoms with Gasteiger partial charge in [-0.2, -0.15) is 5.10 Å². The summed E-state index contributed by atoms with van der Waals surface area (Å²) in [6, 6.07) is 19.6. The van der Waals surface area contributed by atoms with Crippen LogP contribution >= 0.6 is 0 Å². The van der Waals surface area contributed by atoms with E-state index in [2.05, 4.69) is 13.0 Å². The summed E-state index contributed by atoms with van der Waals surface area (Å²) in [5.74, 6) is 0.784. The number of carbonyl (C=O) groups is 1. The molecule has 0 radical (unpaired) electrons. The second-order valence-corrected chi connectivity index (χ2v) is 8.77. The van der Waals surface area contributed by atoms with Crippen molar-refractivity contribution in [3.05, 3.63) is 94.9 Å². The van der Waals surface area contributed by atoms with Crippen molar-refractivity contribution >= 4 is 5.91 Å². The Balaban J connectivity index is 1.63. The molecule has 0 aliphatic rings. The van der Waals surface area contributed by atoms with Crippen molar-refractivity contribution in [1.29, 1.82) is 0 Å². The van der Waals surface area contributed by atoms with Crippen LogP contribution in [-0.2, 0) is 6.42 Å². The van der Waals surface area contributed by atoms with Gasteiger partial charge in [-0.05, 0) is 85.5 Å². The number of nitrogens with zero attached hydrogens (tertiary/aromatic N) is 3. The summed E-state index contributed by atoms with van der Waals surface area (Å²) in [6.45, 7) is 4.59. The molecule has 1 heterocycles. The molecule has 0 spiro atoms. The van der Waals surface area contributed by atoms with E-state index in [1.807, 2.05) is 37.3 Å². The minimum absolute atomic E-state index is 0.178.